The fraction of sp³-hybridized carbons (Fsp3) is 0.333. The van der Waals surface area contributed by atoms with Crippen molar-refractivity contribution in [1.29, 1.82) is 0 Å². The van der Waals surface area contributed by atoms with Crippen LogP contribution in [-0.4, -0.2) is 50.8 Å². The minimum Gasteiger partial charge on any atom is -0.337 e. The molecule has 4 rings (SSSR count). The summed E-state index contributed by atoms with van der Waals surface area (Å²) in [7, 11) is 0. The molecule has 0 radical (unpaired) electrons. The van der Waals surface area contributed by atoms with E-state index in [-0.39, 0.29) is 23.1 Å². The average Bonchev–Trinajstić information content (AvgIpc) is 3.03. The molecule has 4 amide bonds. The Hall–Kier alpha value is -3.56. The lowest BCUT2D eigenvalue weighted by Gasteiger charge is -2.40. The number of hydrogen-bond donors (Lipinski definition) is 3. The van der Waals surface area contributed by atoms with Gasteiger partial charge in [-0.25, -0.2) is 9.78 Å². The van der Waals surface area contributed by atoms with Crippen LogP contribution >= 0.6 is 0 Å². The molecule has 2 aliphatic rings. The highest BCUT2D eigenvalue weighted by Crippen LogP contribution is 2.38. The lowest BCUT2D eigenvalue weighted by atomic mass is 9.75. The van der Waals surface area contributed by atoms with Crippen LogP contribution in [0.15, 0.2) is 41.6 Å². The lowest BCUT2D eigenvalue weighted by molar-refractivity contribution is -0.127. The first-order chi connectivity index (χ1) is 13.5. The van der Waals surface area contributed by atoms with Crippen LogP contribution in [0.4, 0.5) is 4.79 Å². The molecule has 0 aliphatic carbocycles. The van der Waals surface area contributed by atoms with Gasteiger partial charge in [-0.2, -0.15) is 0 Å². The second kappa shape index (κ2) is 6.87. The smallest absolute Gasteiger partial charge is 0.322 e. The van der Waals surface area contributed by atoms with E-state index in [0.29, 0.717) is 31.6 Å². The van der Waals surface area contributed by atoms with E-state index in [4.69, 9.17) is 0 Å². The highest BCUT2D eigenvalue weighted by Gasteiger charge is 2.54. The second-order valence-corrected chi connectivity index (χ2v) is 6.79. The van der Waals surface area contributed by atoms with Crippen LogP contribution in [-0.2, 0) is 10.3 Å². The number of likely N-dealkylation sites (tertiary alicyclic amines) is 1. The zero-order valence-corrected chi connectivity index (χ0v) is 14.8. The van der Waals surface area contributed by atoms with E-state index in [9.17, 15) is 19.2 Å². The van der Waals surface area contributed by atoms with E-state index < -0.39 is 17.5 Å². The van der Waals surface area contributed by atoms with Gasteiger partial charge in [-0.1, -0.05) is 6.07 Å². The first kappa shape index (κ1) is 17.8. The van der Waals surface area contributed by atoms with Gasteiger partial charge in [0, 0.05) is 31.4 Å². The third-order valence-electron chi connectivity index (χ3n) is 5.25. The summed E-state index contributed by atoms with van der Waals surface area (Å²) >= 11 is 0. The van der Waals surface area contributed by atoms with Gasteiger partial charge in [0.25, 0.3) is 17.4 Å². The molecule has 4 heterocycles. The Kier molecular flexibility index (Phi) is 4.38. The quantitative estimate of drug-likeness (QED) is 0.626. The number of hydrogen-bond acceptors (Lipinski definition) is 6. The standard InChI is InChI=1S/C18H18N6O4/c25-14-10-20-12(9-21-14)15(26)24-7-4-11(5-8-24)18(13-3-1-2-6-19-13)16(27)22-17(28)23-18/h1-3,6,9-11H,4-5,7-8H2,(H,21,25)(H2,22,23,27,28). The Morgan fingerprint density at radius 2 is 1.93 bits per heavy atom. The SMILES string of the molecule is O=C1NC(=O)C(c2ccccn2)(C2CCN(C(=O)c3c[nH]c(=O)cn3)CC2)N1. The Morgan fingerprint density at radius 1 is 1.14 bits per heavy atom. The van der Waals surface area contributed by atoms with Gasteiger partial charge in [-0.05, 0) is 25.0 Å². The predicted octanol–water partition coefficient (Wildman–Crippen LogP) is -0.248. The van der Waals surface area contributed by atoms with E-state index in [0.717, 1.165) is 6.20 Å². The fourth-order valence-corrected chi connectivity index (χ4v) is 3.88. The van der Waals surface area contributed by atoms with Gasteiger partial charge >= 0.3 is 6.03 Å². The molecule has 28 heavy (non-hydrogen) atoms. The molecule has 1 unspecified atom stereocenters. The van der Waals surface area contributed by atoms with Crippen LogP contribution in [0, 0.1) is 5.92 Å². The van der Waals surface area contributed by atoms with E-state index >= 15 is 0 Å². The maximum atomic E-state index is 12.7. The molecule has 3 N–H and O–H groups in total. The van der Waals surface area contributed by atoms with Crippen molar-refractivity contribution in [2.24, 2.45) is 5.92 Å². The van der Waals surface area contributed by atoms with Crippen molar-refractivity contribution >= 4 is 17.8 Å². The van der Waals surface area contributed by atoms with Crippen LogP contribution in [0.2, 0.25) is 0 Å². The number of aromatic nitrogens is 3. The predicted molar refractivity (Wildman–Crippen MR) is 96.1 cm³/mol. The lowest BCUT2D eigenvalue weighted by Crippen LogP contribution is -2.54. The van der Waals surface area contributed by atoms with Gasteiger partial charge in [0.1, 0.15) is 5.69 Å². The number of H-pyrrole nitrogens is 1. The third-order valence-corrected chi connectivity index (χ3v) is 5.25. The molecule has 144 valence electrons. The molecule has 0 spiro atoms. The highest BCUT2D eigenvalue weighted by molar-refractivity contribution is 6.07. The number of pyridine rings is 1. The number of carbonyl (C=O) groups excluding carboxylic acids is 3. The zero-order valence-electron chi connectivity index (χ0n) is 14.8. The van der Waals surface area contributed by atoms with Crippen molar-refractivity contribution < 1.29 is 14.4 Å². The number of urea groups is 1. The van der Waals surface area contributed by atoms with Crippen LogP contribution in [0.5, 0.6) is 0 Å². The summed E-state index contributed by atoms with van der Waals surface area (Å²) in [6.45, 7) is 0.782. The molecule has 0 saturated carbocycles. The van der Waals surface area contributed by atoms with E-state index in [1.807, 2.05) is 0 Å². The normalized spacial score (nSPS) is 22.6. The molecule has 2 aliphatic heterocycles. The number of nitrogens with one attached hydrogen (secondary N) is 3. The molecular weight excluding hydrogens is 364 g/mol. The van der Waals surface area contributed by atoms with Crippen molar-refractivity contribution in [2.45, 2.75) is 18.4 Å². The van der Waals surface area contributed by atoms with Gasteiger partial charge in [0.2, 0.25) is 0 Å². The number of aromatic amines is 1. The van der Waals surface area contributed by atoms with E-state index in [2.05, 4.69) is 25.6 Å². The summed E-state index contributed by atoms with van der Waals surface area (Å²) < 4.78 is 0. The van der Waals surface area contributed by atoms with E-state index in [1.165, 1.54) is 6.20 Å². The number of piperidine rings is 1. The maximum Gasteiger partial charge on any atom is 0.322 e. The minimum atomic E-state index is -1.25. The third kappa shape index (κ3) is 2.92. The minimum absolute atomic E-state index is 0.157. The van der Waals surface area contributed by atoms with Crippen LogP contribution in [0.1, 0.15) is 29.0 Å². The summed E-state index contributed by atoms with van der Waals surface area (Å²) in [5.74, 6) is -0.939. The zero-order chi connectivity index (χ0) is 19.7. The summed E-state index contributed by atoms with van der Waals surface area (Å²) in [4.78, 5) is 60.5. The average molecular weight is 382 g/mol. The Morgan fingerprint density at radius 3 is 2.50 bits per heavy atom. The summed E-state index contributed by atoms with van der Waals surface area (Å²) in [6.07, 6.45) is 4.93. The van der Waals surface area contributed by atoms with Crippen LogP contribution in [0.25, 0.3) is 0 Å². The van der Waals surface area contributed by atoms with E-state index in [1.54, 1.807) is 29.3 Å². The van der Waals surface area contributed by atoms with Gasteiger partial charge in [-0.15, -0.1) is 0 Å². The summed E-state index contributed by atoms with van der Waals surface area (Å²) in [5, 5.41) is 5.08. The van der Waals surface area contributed by atoms with Crippen LogP contribution < -0.4 is 16.2 Å². The van der Waals surface area contributed by atoms with Crippen molar-refractivity contribution in [1.82, 2.24) is 30.5 Å². The molecule has 0 aromatic carbocycles. The number of imide groups is 1. The molecule has 2 aromatic heterocycles. The Balaban J connectivity index is 1.55. The van der Waals surface area contributed by atoms with Gasteiger partial charge in [0.15, 0.2) is 5.54 Å². The fourth-order valence-electron chi connectivity index (χ4n) is 3.88. The number of rotatable bonds is 3. The van der Waals surface area contributed by atoms with Crippen molar-refractivity contribution in [3.63, 3.8) is 0 Å². The Labute approximate surface area is 159 Å². The molecular formula is C18H18N6O4. The topological polar surface area (TPSA) is 137 Å². The molecule has 1 atom stereocenters. The molecule has 10 nitrogen and oxygen atoms in total. The summed E-state index contributed by atoms with van der Waals surface area (Å²) in [5.41, 5.74) is -0.991. The molecule has 2 fully saturated rings. The number of carbonyl (C=O) groups is 3. The number of amides is 4. The number of nitrogens with zero attached hydrogens (tertiary/aromatic N) is 3. The van der Waals surface area contributed by atoms with Gasteiger partial charge in [0.05, 0.1) is 11.9 Å². The maximum absolute atomic E-state index is 12.7. The summed E-state index contributed by atoms with van der Waals surface area (Å²) in [6, 6.07) is 4.67. The molecule has 2 saturated heterocycles. The van der Waals surface area contributed by atoms with Crippen molar-refractivity contribution in [2.75, 3.05) is 13.1 Å². The molecule has 0 bridgehead atoms. The van der Waals surface area contributed by atoms with Gasteiger partial charge < -0.3 is 15.2 Å². The van der Waals surface area contributed by atoms with Gasteiger partial charge in [-0.3, -0.25) is 24.7 Å². The second-order valence-electron chi connectivity index (χ2n) is 6.79. The van der Waals surface area contributed by atoms with Crippen molar-refractivity contribution in [3.8, 4) is 0 Å². The highest BCUT2D eigenvalue weighted by atomic mass is 16.2. The Bertz CT molecular complexity index is 963. The monoisotopic (exact) mass is 382 g/mol. The first-order valence-electron chi connectivity index (χ1n) is 8.90. The molecule has 2 aromatic rings. The molecule has 10 heteroatoms. The first-order valence-corrected chi connectivity index (χ1v) is 8.90. The largest absolute Gasteiger partial charge is 0.337 e. The van der Waals surface area contributed by atoms with Crippen LogP contribution in [0.3, 0.4) is 0 Å². The van der Waals surface area contributed by atoms with Crippen molar-refractivity contribution in [3.05, 3.63) is 58.5 Å².